The Morgan fingerprint density at radius 1 is 1.40 bits per heavy atom. The molecule has 30 heavy (non-hydrogen) atoms. The lowest BCUT2D eigenvalue weighted by atomic mass is 10.00. The molecule has 2 fully saturated rings. The number of amides is 1. The summed E-state index contributed by atoms with van der Waals surface area (Å²) in [6.45, 7) is 5.90. The molecule has 1 aromatic heterocycles. The molecule has 3 heterocycles. The number of carbonyl (C=O) groups is 1. The summed E-state index contributed by atoms with van der Waals surface area (Å²) in [5.41, 5.74) is 7.97. The number of primary amides is 1. The Kier molecular flexibility index (Phi) is 5.20. The van der Waals surface area contributed by atoms with Crippen LogP contribution in [0.2, 0.25) is 0 Å². The molecule has 2 saturated heterocycles. The van der Waals surface area contributed by atoms with Crippen LogP contribution in [0.15, 0.2) is 48.7 Å². The van der Waals surface area contributed by atoms with Crippen molar-refractivity contribution in [2.75, 3.05) is 32.1 Å². The zero-order valence-corrected chi connectivity index (χ0v) is 16.8. The summed E-state index contributed by atoms with van der Waals surface area (Å²) >= 11 is 0. The van der Waals surface area contributed by atoms with Gasteiger partial charge in [-0.25, -0.2) is 4.98 Å². The van der Waals surface area contributed by atoms with Crippen molar-refractivity contribution in [2.45, 2.75) is 18.1 Å². The molecule has 0 aliphatic carbocycles. The molecule has 4 rings (SSSR count). The number of nitrogens with two attached hydrogens (primary N) is 1. The lowest BCUT2D eigenvalue weighted by Gasteiger charge is -2.28. The molecule has 4 N–H and O–H groups in total. The maximum absolute atomic E-state index is 11.8. The van der Waals surface area contributed by atoms with Gasteiger partial charge in [0.15, 0.2) is 5.60 Å². The first-order chi connectivity index (χ1) is 14.3. The Morgan fingerprint density at radius 3 is 2.83 bits per heavy atom. The molecule has 154 valence electrons. The van der Waals surface area contributed by atoms with Crippen LogP contribution < -0.4 is 11.1 Å². The lowest BCUT2D eigenvalue weighted by Crippen LogP contribution is -2.40. The Morgan fingerprint density at radius 2 is 2.20 bits per heavy atom. The fourth-order valence-corrected chi connectivity index (χ4v) is 3.43. The number of carbonyl (C=O) groups excluding carboxylic acids is 1. The lowest BCUT2D eigenvalue weighted by molar-refractivity contribution is 0.0211. The number of ether oxygens (including phenoxy) is 1. The van der Waals surface area contributed by atoms with E-state index in [0.29, 0.717) is 31.0 Å². The predicted octanol–water partition coefficient (Wildman–Crippen LogP) is 1.59. The van der Waals surface area contributed by atoms with Crippen LogP contribution in [0.3, 0.4) is 0 Å². The summed E-state index contributed by atoms with van der Waals surface area (Å²) in [6, 6.07) is 11.2. The summed E-state index contributed by atoms with van der Waals surface area (Å²) in [6.07, 6.45) is 0.525. The standard InChI is InChI=1S/C23H24N4O3/c1-15-23(29,8-9-27(15)2)7-6-16-4-3-5-17(10-16)20-11-18(25-19-13-30-14-19)12-21(26-20)22(24)28/h3-5,10-12,19,29H,1,8-9,13-14H2,2H3,(H2,24,28)(H,25,26)/t23-/m0/s1. The van der Waals surface area contributed by atoms with E-state index in [9.17, 15) is 9.90 Å². The van der Waals surface area contributed by atoms with Gasteiger partial charge in [-0.2, -0.15) is 0 Å². The second kappa shape index (κ2) is 7.82. The van der Waals surface area contributed by atoms with Crippen LogP contribution in [0.1, 0.15) is 22.5 Å². The molecule has 2 aromatic rings. The predicted molar refractivity (Wildman–Crippen MR) is 115 cm³/mol. The topological polar surface area (TPSA) is 101 Å². The smallest absolute Gasteiger partial charge is 0.267 e. The largest absolute Gasteiger partial charge is 0.378 e. The molecule has 7 nitrogen and oxygen atoms in total. The third-order valence-corrected chi connectivity index (χ3v) is 5.41. The van der Waals surface area contributed by atoms with Gasteiger partial charge in [-0.05, 0) is 24.3 Å². The normalized spacial score (nSPS) is 21.0. The van der Waals surface area contributed by atoms with Crippen LogP contribution in [0.25, 0.3) is 11.3 Å². The van der Waals surface area contributed by atoms with Gasteiger partial charge in [-0.1, -0.05) is 30.6 Å². The van der Waals surface area contributed by atoms with Crippen molar-refractivity contribution in [3.8, 4) is 23.1 Å². The van der Waals surface area contributed by atoms with E-state index in [2.05, 4.69) is 28.7 Å². The molecule has 0 spiro atoms. The number of hydrogen-bond acceptors (Lipinski definition) is 6. The minimum absolute atomic E-state index is 0.186. The minimum atomic E-state index is -1.21. The monoisotopic (exact) mass is 404 g/mol. The SMILES string of the molecule is C=C1N(C)CC[C@@]1(O)C#Cc1cccc(-c2cc(NC3COC3)cc(C(N)=O)n2)c1. The number of aromatic nitrogens is 1. The second-order valence-electron chi connectivity index (χ2n) is 7.68. The van der Waals surface area contributed by atoms with E-state index in [-0.39, 0.29) is 11.7 Å². The third kappa shape index (κ3) is 4.01. The van der Waals surface area contributed by atoms with E-state index in [1.807, 2.05) is 42.3 Å². The molecule has 7 heteroatoms. The van der Waals surface area contributed by atoms with Gasteiger partial charge >= 0.3 is 0 Å². The molecule has 0 bridgehead atoms. The summed E-state index contributed by atoms with van der Waals surface area (Å²) in [5, 5.41) is 14.1. The number of benzene rings is 1. The number of anilines is 1. The van der Waals surface area contributed by atoms with Crippen molar-refractivity contribution in [1.82, 2.24) is 9.88 Å². The summed E-state index contributed by atoms with van der Waals surface area (Å²) < 4.78 is 5.19. The van der Waals surface area contributed by atoms with Gasteiger partial charge in [0.05, 0.1) is 30.6 Å². The number of nitrogens with zero attached hydrogens (tertiary/aromatic N) is 2. The highest BCUT2D eigenvalue weighted by Crippen LogP contribution is 2.29. The summed E-state index contributed by atoms with van der Waals surface area (Å²) in [7, 11) is 1.89. The van der Waals surface area contributed by atoms with Crippen LogP contribution in [0, 0.1) is 11.8 Å². The van der Waals surface area contributed by atoms with Gasteiger partial charge in [0.2, 0.25) is 0 Å². The molecule has 2 aliphatic rings. The molecule has 1 aromatic carbocycles. The molecule has 0 radical (unpaired) electrons. The first-order valence-corrected chi connectivity index (χ1v) is 9.77. The van der Waals surface area contributed by atoms with Crippen molar-refractivity contribution in [1.29, 1.82) is 0 Å². The highest BCUT2D eigenvalue weighted by atomic mass is 16.5. The molecule has 2 aliphatic heterocycles. The minimum Gasteiger partial charge on any atom is -0.378 e. The Balaban J connectivity index is 1.64. The summed E-state index contributed by atoms with van der Waals surface area (Å²) in [4.78, 5) is 18.1. The van der Waals surface area contributed by atoms with Gasteiger partial charge < -0.3 is 25.8 Å². The van der Waals surface area contributed by atoms with Gasteiger partial charge in [-0.3, -0.25) is 4.79 Å². The molecule has 0 unspecified atom stereocenters. The van der Waals surface area contributed by atoms with Gasteiger partial charge in [0, 0.05) is 36.8 Å². The zero-order valence-electron chi connectivity index (χ0n) is 16.8. The first-order valence-electron chi connectivity index (χ1n) is 9.77. The Bertz CT molecular complexity index is 1070. The molecular weight excluding hydrogens is 380 g/mol. The van der Waals surface area contributed by atoms with Gasteiger partial charge in [0.1, 0.15) is 5.69 Å². The fraction of sp³-hybridized carbons (Fsp3) is 0.304. The Labute approximate surface area is 175 Å². The first kappa shape index (κ1) is 20.0. The van der Waals surface area contributed by atoms with Crippen LogP contribution in [-0.4, -0.2) is 59.3 Å². The number of aliphatic hydroxyl groups is 1. The maximum atomic E-state index is 11.8. The highest BCUT2D eigenvalue weighted by Gasteiger charge is 2.36. The van der Waals surface area contributed by atoms with Gasteiger partial charge in [-0.15, -0.1) is 0 Å². The average Bonchev–Trinajstić information content (AvgIpc) is 2.97. The van der Waals surface area contributed by atoms with E-state index in [1.54, 1.807) is 6.07 Å². The van der Waals surface area contributed by atoms with Crippen LogP contribution in [-0.2, 0) is 4.74 Å². The van der Waals surface area contributed by atoms with Crippen molar-refractivity contribution in [3.05, 3.63) is 59.9 Å². The number of nitrogens with one attached hydrogen (secondary N) is 1. The zero-order chi connectivity index (χ0) is 21.3. The van der Waals surface area contributed by atoms with Crippen molar-refractivity contribution < 1.29 is 14.6 Å². The average molecular weight is 404 g/mol. The van der Waals surface area contributed by atoms with Crippen molar-refractivity contribution in [2.24, 2.45) is 5.73 Å². The quantitative estimate of drug-likeness (QED) is 0.669. The van der Waals surface area contributed by atoms with E-state index in [1.165, 1.54) is 0 Å². The van der Waals surface area contributed by atoms with Crippen molar-refractivity contribution in [3.63, 3.8) is 0 Å². The molecular formula is C23H24N4O3. The van der Waals surface area contributed by atoms with E-state index in [0.717, 1.165) is 23.4 Å². The fourth-order valence-electron chi connectivity index (χ4n) is 3.43. The van der Waals surface area contributed by atoms with Crippen LogP contribution in [0.5, 0.6) is 0 Å². The highest BCUT2D eigenvalue weighted by molar-refractivity contribution is 5.92. The number of likely N-dealkylation sites (N-methyl/N-ethyl adjacent to an activating group) is 1. The van der Waals surface area contributed by atoms with E-state index >= 15 is 0 Å². The number of likely N-dealkylation sites (tertiary alicyclic amines) is 1. The Hall–Kier alpha value is -3.34. The van der Waals surface area contributed by atoms with E-state index < -0.39 is 11.5 Å². The number of pyridine rings is 1. The molecule has 1 amide bonds. The van der Waals surface area contributed by atoms with Crippen LogP contribution in [0.4, 0.5) is 5.69 Å². The molecule has 0 saturated carbocycles. The van der Waals surface area contributed by atoms with Gasteiger partial charge in [0.25, 0.3) is 5.91 Å². The molecule has 1 atom stereocenters. The summed E-state index contributed by atoms with van der Waals surface area (Å²) in [5.74, 6) is 5.42. The number of hydrogen-bond donors (Lipinski definition) is 3. The second-order valence-corrected chi connectivity index (χ2v) is 7.68. The van der Waals surface area contributed by atoms with E-state index in [4.69, 9.17) is 10.5 Å². The van der Waals surface area contributed by atoms with Crippen LogP contribution >= 0.6 is 0 Å². The maximum Gasteiger partial charge on any atom is 0.267 e. The third-order valence-electron chi connectivity index (χ3n) is 5.41. The number of rotatable bonds is 4. The van der Waals surface area contributed by atoms with Crippen molar-refractivity contribution >= 4 is 11.6 Å².